The fourth-order valence-electron chi connectivity index (χ4n) is 2.89. The summed E-state index contributed by atoms with van der Waals surface area (Å²) in [5.41, 5.74) is 1.42. The van der Waals surface area contributed by atoms with Gasteiger partial charge in [0.1, 0.15) is 11.6 Å². The fourth-order valence-corrected chi connectivity index (χ4v) is 4.01. The van der Waals surface area contributed by atoms with Crippen molar-refractivity contribution in [3.8, 4) is 5.75 Å². The van der Waals surface area contributed by atoms with Crippen molar-refractivity contribution in [2.75, 3.05) is 11.1 Å². The summed E-state index contributed by atoms with van der Waals surface area (Å²) in [4.78, 5) is 24.7. The van der Waals surface area contributed by atoms with Crippen LogP contribution in [-0.4, -0.2) is 27.5 Å². The number of hydrogen-bond donors (Lipinski definition) is 2. The summed E-state index contributed by atoms with van der Waals surface area (Å²) in [5, 5.41) is 5.52. The fraction of sp³-hybridized carbons (Fsp3) is 0.444. The number of aromatic amines is 1. The summed E-state index contributed by atoms with van der Waals surface area (Å²) in [6.07, 6.45) is 0.106. The summed E-state index contributed by atoms with van der Waals surface area (Å²) < 4.78 is 7.41. The molecular formula is C18H23N3O3S. The lowest BCUT2D eigenvalue weighted by Crippen LogP contribution is -2.17. The van der Waals surface area contributed by atoms with Gasteiger partial charge in [-0.1, -0.05) is 12.1 Å². The van der Waals surface area contributed by atoms with Crippen molar-refractivity contribution in [3.05, 3.63) is 45.7 Å². The van der Waals surface area contributed by atoms with Crippen LogP contribution in [0.25, 0.3) is 0 Å². The highest BCUT2D eigenvalue weighted by atomic mass is 32.2. The molecule has 0 saturated heterocycles. The van der Waals surface area contributed by atoms with Crippen molar-refractivity contribution >= 4 is 23.5 Å². The van der Waals surface area contributed by atoms with E-state index in [-0.39, 0.29) is 28.9 Å². The van der Waals surface area contributed by atoms with E-state index in [4.69, 9.17) is 4.74 Å². The highest BCUT2D eigenvalue weighted by molar-refractivity contribution is 8.00. The quantitative estimate of drug-likeness (QED) is 0.876. The van der Waals surface area contributed by atoms with E-state index in [1.54, 1.807) is 4.68 Å². The van der Waals surface area contributed by atoms with Gasteiger partial charge in [0.2, 0.25) is 5.91 Å². The maximum Gasteiger partial charge on any atom is 0.270 e. The SMILES string of the molecule is CC(C)Oc1ccc([C@H]2SCC(=O)Nc3c2c(=O)[nH]n3C(C)C)cc1. The smallest absolute Gasteiger partial charge is 0.270 e. The van der Waals surface area contributed by atoms with Crippen molar-refractivity contribution < 1.29 is 9.53 Å². The summed E-state index contributed by atoms with van der Waals surface area (Å²) in [7, 11) is 0. The Morgan fingerprint density at radius 2 is 1.84 bits per heavy atom. The van der Waals surface area contributed by atoms with Crippen LogP contribution in [0.15, 0.2) is 29.1 Å². The van der Waals surface area contributed by atoms with E-state index >= 15 is 0 Å². The Kier molecular flexibility index (Phi) is 4.94. The normalized spacial score (nSPS) is 17.4. The van der Waals surface area contributed by atoms with E-state index in [0.29, 0.717) is 17.1 Å². The lowest BCUT2D eigenvalue weighted by atomic mass is 10.1. The van der Waals surface area contributed by atoms with Crippen molar-refractivity contribution in [1.29, 1.82) is 0 Å². The number of carbonyl (C=O) groups is 1. The third-order valence-electron chi connectivity index (χ3n) is 3.93. The Hall–Kier alpha value is -2.15. The molecule has 0 saturated carbocycles. The van der Waals surface area contributed by atoms with Crippen LogP contribution in [0.2, 0.25) is 0 Å². The van der Waals surface area contributed by atoms with Crippen LogP contribution in [0.3, 0.4) is 0 Å². The average molecular weight is 361 g/mol. The number of carbonyl (C=O) groups excluding carboxylic acids is 1. The number of rotatable bonds is 4. The van der Waals surface area contributed by atoms with Gasteiger partial charge in [0.15, 0.2) is 0 Å². The van der Waals surface area contributed by atoms with Crippen LogP contribution in [0.1, 0.15) is 50.1 Å². The van der Waals surface area contributed by atoms with Gasteiger partial charge < -0.3 is 10.1 Å². The zero-order valence-corrected chi connectivity index (χ0v) is 15.6. The number of fused-ring (bicyclic) bond motifs is 1. The van der Waals surface area contributed by atoms with Gasteiger partial charge >= 0.3 is 0 Å². The maximum atomic E-state index is 12.6. The molecule has 2 N–H and O–H groups in total. The third kappa shape index (κ3) is 3.61. The van der Waals surface area contributed by atoms with Crippen molar-refractivity contribution in [3.63, 3.8) is 0 Å². The predicted molar refractivity (Wildman–Crippen MR) is 101 cm³/mol. The van der Waals surface area contributed by atoms with E-state index in [9.17, 15) is 9.59 Å². The molecule has 1 aliphatic heterocycles. The number of thioether (sulfide) groups is 1. The minimum atomic E-state index is -0.203. The highest BCUT2D eigenvalue weighted by Gasteiger charge is 2.30. The Balaban J connectivity index is 2.03. The molecule has 0 aliphatic carbocycles. The third-order valence-corrected chi connectivity index (χ3v) is 5.20. The topological polar surface area (TPSA) is 76.1 Å². The standard InChI is InChI=1S/C18H23N3O3S/c1-10(2)21-17-15(18(23)20-21)16(25-9-14(22)19-17)12-5-7-13(8-6-12)24-11(3)4/h5-8,10-11,16H,9H2,1-4H3,(H,19,22)(H,20,23)/t16-/m1/s1. The minimum Gasteiger partial charge on any atom is -0.491 e. The van der Waals surface area contributed by atoms with Gasteiger partial charge in [0.05, 0.1) is 22.7 Å². The monoisotopic (exact) mass is 361 g/mol. The number of anilines is 1. The lowest BCUT2D eigenvalue weighted by Gasteiger charge is -2.16. The van der Waals surface area contributed by atoms with Crippen LogP contribution in [0, 0.1) is 0 Å². The van der Waals surface area contributed by atoms with Crippen molar-refractivity contribution in [2.24, 2.45) is 0 Å². The number of nitrogens with one attached hydrogen (secondary N) is 2. The van der Waals surface area contributed by atoms with Gasteiger partial charge in [-0.05, 0) is 45.4 Å². The van der Waals surface area contributed by atoms with E-state index in [2.05, 4.69) is 10.4 Å². The molecule has 7 heteroatoms. The number of ether oxygens (including phenoxy) is 1. The Labute approximate surface area is 150 Å². The molecule has 1 aromatic carbocycles. The van der Waals surface area contributed by atoms with E-state index < -0.39 is 0 Å². The summed E-state index contributed by atoms with van der Waals surface area (Å²) >= 11 is 1.46. The van der Waals surface area contributed by atoms with Gasteiger partial charge in [-0.3, -0.25) is 19.4 Å². The molecule has 1 aromatic heterocycles. The molecule has 1 aliphatic rings. The number of H-pyrrole nitrogens is 1. The molecule has 0 bridgehead atoms. The molecule has 3 rings (SSSR count). The molecule has 0 radical (unpaired) electrons. The summed E-state index contributed by atoms with van der Waals surface area (Å²) in [6, 6.07) is 7.77. The van der Waals surface area contributed by atoms with Gasteiger partial charge in [-0.25, -0.2) is 0 Å². The first-order valence-corrected chi connectivity index (χ1v) is 9.44. The van der Waals surface area contributed by atoms with Crippen LogP contribution in [0.4, 0.5) is 5.82 Å². The second-order valence-electron chi connectivity index (χ2n) is 6.64. The number of amides is 1. The number of hydrogen-bond acceptors (Lipinski definition) is 4. The molecular weight excluding hydrogens is 338 g/mol. The van der Waals surface area contributed by atoms with E-state index in [1.165, 1.54) is 11.8 Å². The molecule has 6 nitrogen and oxygen atoms in total. The van der Waals surface area contributed by atoms with Gasteiger partial charge in [0, 0.05) is 6.04 Å². The van der Waals surface area contributed by atoms with Crippen molar-refractivity contribution in [1.82, 2.24) is 9.78 Å². The van der Waals surface area contributed by atoms with Crippen molar-refractivity contribution in [2.45, 2.75) is 45.1 Å². The van der Waals surface area contributed by atoms with Crippen LogP contribution >= 0.6 is 11.8 Å². The zero-order valence-electron chi connectivity index (χ0n) is 14.8. The Bertz CT molecular complexity index is 821. The average Bonchev–Trinajstić information content (AvgIpc) is 2.75. The molecule has 0 spiro atoms. The van der Waals surface area contributed by atoms with Gasteiger partial charge in [-0.15, -0.1) is 11.8 Å². The largest absolute Gasteiger partial charge is 0.491 e. The molecule has 2 aromatic rings. The molecule has 2 heterocycles. The first kappa shape index (κ1) is 17.7. The Morgan fingerprint density at radius 1 is 1.16 bits per heavy atom. The molecule has 1 amide bonds. The first-order chi connectivity index (χ1) is 11.9. The predicted octanol–water partition coefficient (Wildman–Crippen LogP) is 3.32. The second kappa shape index (κ2) is 7.00. The first-order valence-electron chi connectivity index (χ1n) is 8.39. The molecule has 134 valence electrons. The Morgan fingerprint density at radius 3 is 2.44 bits per heavy atom. The zero-order chi connectivity index (χ0) is 18.1. The van der Waals surface area contributed by atoms with Crippen LogP contribution < -0.4 is 15.6 Å². The van der Waals surface area contributed by atoms with Crippen LogP contribution in [-0.2, 0) is 4.79 Å². The highest BCUT2D eigenvalue weighted by Crippen LogP contribution is 2.40. The molecule has 1 atom stereocenters. The molecule has 25 heavy (non-hydrogen) atoms. The number of nitrogens with zero attached hydrogens (tertiary/aromatic N) is 1. The minimum absolute atomic E-state index is 0.0438. The molecule has 0 fully saturated rings. The summed E-state index contributed by atoms with van der Waals surface area (Å²) in [5.74, 6) is 1.58. The molecule has 0 unspecified atom stereocenters. The van der Waals surface area contributed by atoms with E-state index in [0.717, 1.165) is 11.3 Å². The lowest BCUT2D eigenvalue weighted by molar-refractivity contribution is -0.113. The maximum absolute atomic E-state index is 12.6. The van der Waals surface area contributed by atoms with E-state index in [1.807, 2.05) is 52.0 Å². The summed E-state index contributed by atoms with van der Waals surface area (Å²) in [6.45, 7) is 7.89. The van der Waals surface area contributed by atoms with Gasteiger partial charge in [-0.2, -0.15) is 0 Å². The van der Waals surface area contributed by atoms with Gasteiger partial charge in [0.25, 0.3) is 5.56 Å². The second-order valence-corrected chi connectivity index (χ2v) is 7.74. The van der Waals surface area contributed by atoms with Crippen LogP contribution in [0.5, 0.6) is 5.75 Å². The number of benzene rings is 1. The number of aromatic nitrogens is 2.